The first-order chi connectivity index (χ1) is 8.87. The molecule has 2 fully saturated rings. The Morgan fingerprint density at radius 2 is 1.84 bits per heavy atom. The van der Waals surface area contributed by atoms with Crippen molar-refractivity contribution in [2.75, 3.05) is 39.3 Å². The van der Waals surface area contributed by atoms with Gasteiger partial charge in [-0.25, -0.2) is 0 Å². The van der Waals surface area contributed by atoms with E-state index in [0.29, 0.717) is 6.10 Å². The lowest BCUT2D eigenvalue weighted by atomic mass is 9.84. The van der Waals surface area contributed by atoms with Gasteiger partial charge in [-0.3, -0.25) is 9.80 Å². The third-order valence-corrected chi connectivity index (χ3v) is 4.92. The Morgan fingerprint density at radius 1 is 1.21 bits per heavy atom. The van der Waals surface area contributed by atoms with Gasteiger partial charge in [0.25, 0.3) is 0 Å². The Bertz CT molecular complexity index is 294. The molecular weight excluding hydrogens is 238 g/mol. The molecule has 0 aromatic carbocycles. The van der Waals surface area contributed by atoms with E-state index in [0.717, 1.165) is 52.2 Å². The van der Waals surface area contributed by atoms with E-state index in [9.17, 15) is 0 Å². The van der Waals surface area contributed by atoms with Crippen LogP contribution in [0.5, 0.6) is 0 Å². The van der Waals surface area contributed by atoms with Gasteiger partial charge in [-0.15, -0.1) is 0 Å². The van der Waals surface area contributed by atoms with Gasteiger partial charge >= 0.3 is 0 Å². The molecule has 19 heavy (non-hydrogen) atoms. The van der Waals surface area contributed by atoms with Gasteiger partial charge in [-0.2, -0.15) is 0 Å². The molecule has 2 aliphatic rings. The van der Waals surface area contributed by atoms with Crippen LogP contribution in [-0.2, 0) is 4.74 Å². The summed E-state index contributed by atoms with van der Waals surface area (Å²) in [6.45, 7) is 15.3. The molecule has 0 saturated carbocycles. The van der Waals surface area contributed by atoms with E-state index < -0.39 is 0 Å². The van der Waals surface area contributed by atoms with Crippen molar-refractivity contribution in [3.05, 3.63) is 0 Å². The van der Waals surface area contributed by atoms with E-state index >= 15 is 0 Å². The summed E-state index contributed by atoms with van der Waals surface area (Å²) in [5.41, 5.74) is 6.61. The summed E-state index contributed by atoms with van der Waals surface area (Å²) >= 11 is 0. The molecule has 0 aromatic rings. The Balaban J connectivity index is 1.99. The van der Waals surface area contributed by atoms with Crippen molar-refractivity contribution in [1.82, 2.24) is 9.80 Å². The average Bonchev–Trinajstić information content (AvgIpc) is 2.38. The molecule has 2 saturated heterocycles. The summed E-state index contributed by atoms with van der Waals surface area (Å²) < 4.78 is 5.71. The van der Waals surface area contributed by atoms with Gasteiger partial charge < -0.3 is 10.5 Å². The summed E-state index contributed by atoms with van der Waals surface area (Å²) in [5.74, 6) is 0. The number of nitrogens with two attached hydrogens (primary N) is 1. The lowest BCUT2D eigenvalue weighted by Gasteiger charge is -2.52. The first-order valence-electron chi connectivity index (χ1n) is 7.69. The van der Waals surface area contributed by atoms with E-state index in [1.54, 1.807) is 0 Å². The number of nitrogens with zero attached hydrogens (tertiary/aromatic N) is 2. The highest BCUT2D eigenvalue weighted by atomic mass is 16.5. The van der Waals surface area contributed by atoms with Gasteiger partial charge in [0, 0.05) is 50.4 Å². The first-order valence-corrected chi connectivity index (χ1v) is 7.69. The van der Waals surface area contributed by atoms with E-state index in [-0.39, 0.29) is 11.1 Å². The van der Waals surface area contributed by atoms with Crippen LogP contribution in [0.3, 0.4) is 0 Å². The molecule has 112 valence electrons. The molecular formula is C15H31N3O. The summed E-state index contributed by atoms with van der Waals surface area (Å²) in [6.07, 6.45) is 2.51. The molecule has 2 rings (SSSR count). The van der Waals surface area contributed by atoms with E-state index in [4.69, 9.17) is 10.5 Å². The highest BCUT2D eigenvalue weighted by Crippen LogP contribution is 2.31. The maximum absolute atomic E-state index is 6.14. The predicted octanol–water partition coefficient (Wildman–Crippen LogP) is 1.30. The second kappa shape index (κ2) is 5.68. The molecule has 2 aliphatic heterocycles. The molecule has 4 heteroatoms. The molecule has 0 bridgehead atoms. The Morgan fingerprint density at radius 3 is 2.32 bits per heavy atom. The van der Waals surface area contributed by atoms with Crippen molar-refractivity contribution in [1.29, 1.82) is 0 Å². The number of ether oxygens (including phenoxy) is 1. The fraction of sp³-hybridized carbons (Fsp3) is 1.00. The number of piperazine rings is 1. The van der Waals surface area contributed by atoms with Gasteiger partial charge in [0.1, 0.15) is 0 Å². The second-order valence-corrected chi connectivity index (χ2v) is 7.21. The molecule has 2 atom stereocenters. The average molecular weight is 269 g/mol. The molecule has 2 N–H and O–H groups in total. The van der Waals surface area contributed by atoms with E-state index in [1.165, 1.54) is 0 Å². The molecule has 0 spiro atoms. The van der Waals surface area contributed by atoms with Crippen LogP contribution < -0.4 is 5.73 Å². The highest BCUT2D eigenvalue weighted by molar-refractivity contribution is 4.98. The molecule has 2 heterocycles. The van der Waals surface area contributed by atoms with Crippen molar-refractivity contribution < 1.29 is 4.74 Å². The molecule has 0 aliphatic carbocycles. The highest BCUT2D eigenvalue weighted by Gasteiger charge is 2.41. The third-order valence-electron chi connectivity index (χ3n) is 4.92. The maximum Gasteiger partial charge on any atom is 0.0565 e. The Hall–Kier alpha value is -0.160. The summed E-state index contributed by atoms with van der Waals surface area (Å²) in [4.78, 5) is 5.21. The standard InChI is InChI=1S/C15H31N3O/c1-13-11-15(12-16,5-10-19-13)18-8-6-17(7-9-18)14(2,3)4/h13H,5-12,16H2,1-4H3. The van der Waals surface area contributed by atoms with Crippen LogP contribution in [-0.4, -0.2) is 66.3 Å². The maximum atomic E-state index is 6.14. The SMILES string of the molecule is CC1CC(CN)(N2CCN(C(C)(C)C)CC2)CCO1. The minimum Gasteiger partial charge on any atom is -0.378 e. The zero-order valence-corrected chi connectivity index (χ0v) is 13.1. The van der Waals surface area contributed by atoms with Crippen LogP contribution in [0.1, 0.15) is 40.5 Å². The monoisotopic (exact) mass is 269 g/mol. The Labute approximate surface area is 118 Å². The van der Waals surface area contributed by atoms with Crippen LogP contribution >= 0.6 is 0 Å². The van der Waals surface area contributed by atoms with Crippen LogP contribution in [0.2, 0.25) is 0 Å². The second-order valence-electron chi connectivity index (χ2n) is 7.21. The largest absolute Gasteiger partial charge is 0.378 e. The summed E-state index contributed by atoms with van der Waals surface area (Å²) in [6, 6.07) is 0. The van der Waals surface area contributed by atoms with Crippen LogP contribution in [0.15, 0.2) is 0 Å². The van der Waals surface area contributed by atoms with Gasteiger partial charge in [0.2, 0.25) is 0 Å². The minimum atomic E-state index is 0.182. The van der Waals surface area contributed by atoms with E-state index in [1.807, 2.05) is 0 Å². The quantitative estimate of drug-likeness (QED) is 0.820. The van der Waals surface area contributed by atoms with Crippen molar-refractivity contribution in [2.24, 2.45) is 5.73 Å². The van der Waals surface area contributed by atoms with Gasteiger partial charge in [-0.05, 0) is 40.5 Å². The van der Waals surface area contributed by atoms with Crippen molar-refractivity contribution in [2.45, 2.75) is 57.7 Å². The molecule has 0 amide bonds. The van der Waals surface area contributed by atoms with Crippen molar-refractivity contribution in [3.8, 4) is 0 Å². The molecule has 0 aromatic heterocycles. The summed E-state index contributed by atoms with van der Waals surface area (Å²) in [7, 11) is 0. The topological polar surface area (TPSA) is 41.7 Å². The zero-order valence-electron chi connectivity index (χ0n) is 13.1. The fourth-order valence-corrected chi connectivity index (χ4v) is 3.60. The molecule has 4 nitrogen and oxygen atoms in total. The normalized spacial score (nSPS) is 35.5. The fourth-order valence-electron chi connectivity index (χ4n) is 3.60. The van der Waals surface area contributed by atoms with Crippen LogP contribution in [0.4, 0.5) is 0 Å². The van der Waals surface area contributed by atoms with Gasteiger partial charge in [0.05, 0.1) is 6.10 Å². The number of rotatable bonds is 2. The number of hydrogen-bond acceptors (Lipinski definition) is 4. The zero-order chi connectivity index (χ0) is 14.1. The smallest absolute Gasteiger partial charge is 0.0565 e. The first kappa shape index (κ1) is 15.2. The van der Waals surface area contributed by atoms with Gasteiger partial charge in [0.15, 0.2) is 0 Å². The minimum absolute atomic E-state index is 0.182. The lowest BCUT2D eigenvalue weighted by molar-refractivity contribution is -0.0815. The molecule has 0 radical (unpaired) electrons. The van der Waals surface area contributed by atoms with Crippen molar-refractivity contribution in [3.63, 3.8) is 0 Å². The van der Waals surface area contributed by atoms with Crippen LogP contribution in [0, 0.1) is 0 Å². The van der Waals surface area contributed by atoms with Crippen LogP contribution in [0.25, 0.3) is 0 Å². The lowest BCUT2D eigenvalue weighted by Crippen LogP contribution is -2.64. The summed E-state index contributed by atoms with van der Waals surface area (Å²) in [5, 5.41) is 0. The molecule has 2 unspecified atom stereocenters. The predicted molar refractivity (Wildman–Crippen MR) is 79.3 cm³/mol. The number of hydrogen-bond donors (Lipinski definition) is 1. The van der Waals surface area contributed by atoms with Crippen molar-refractivity contribution >= 4 is 0 Å². The third kappa shape index (κ3) is 3.30. The van der Waals surface area contributed by atoms with Gasteiger partial charge in [-0.1, -0.05) is 0 Å². The van der Waals surface area contributed by atoms with E-state index in [2.05, 4.69) is 37.5 Å². The Kier molecular flexibility index (Phi) is 4.56.